The molecule has 9 heteroatoms. The molecule has 0 radical (unpaired) electrons. The lowest BCUT2D eigenvalue weighted by Crippen LogP contribution is -2.02. The van der Waals surface area contributed by atoms with E-state index in [9.17, 15) is 4.39 Å². The van der Waals surface area contributed by atoms with Crippen LogP contribution in [0, 0.1) is 5.82 Å². The molecule has 3 aromatic heterocycles. The first-order valence-electron chi connectivity index (χ1n) is 9.36. The van der Waals surface area contributed by atoms with Crippen LogP contribution < -0.4 is 15.8 Å². The van der Waals surface area contributed by atoms with Gasteiger partial charge in [0.2, 0.25) is 5.95 Å². The van der Waals surface area contributed by atoms with E-state index in [0.29, 0.717) is 22.9 Å². The zero-order chi connectivity index (χ0) is 21.2. The summed E-state index contributed by atoms with van der Waals surface area (Å²) in [6.45, 7) is 0. The van der Waals surface area contributed by atoms with Crippen molar-refractivity contribution in [2.75, 3.05) is 11.1 Å². The Morgan fingerprint density at radius 1 is 0.968 bits per heavy atom. The number of hydrogen-bond donors (Lipinski definition) is 3. The van der Waals surface area contributed by atoms with Crippen molar-refractivity contribution in [3.63, 3.8) is 0 Å². The van der Waals surface area contributed by atoms with Crippen molar-refractivity contribution >= 4 is 28.4 Å². The van der Waals surface area contributed by atoms with E-state index in [4.69, 9.17) is 10.5 Å². The highest BCUT2D eigenvalue weighted by Gasteiger charge is 2.10. The molecule has 152 valence electrons. The first kappa shape index (κ1) is 18.5. The summed E-state index contributed by atoms with van der Waals surface area (Å²) in [6.07, 6.45) is 5.01. The number of nitrogens with two attached hydrogens (primary N) is 1. The third kappa shape index (κ3) is 3.97. The molecule has 8 nitrogen and oxygen atoms in total. The van der Waals surface area contributed by atoms with Crippen molar-refractivity contribution in [1.29, 1.82) is 0 Å². The highest BCUT2D eigenvalue weighted by atomic mass is 19.1. The van der Waals surface area contributed by atoms with Gasteiger partial charge in [-0.05, 0) is 42.5 Å². The van der Waals surface area contributed by atoms with Gasteiger partial charge in [0.1, 0.15) is 11.6 Å². The third-order valence-electron chi connectivity index (χ3n) is 4.56. The second-order valence-corrected chi connectivity index (χ2v) is 6.72. The number of nitrogens with zero attached hydrogens (tertiary/aromatic N) is 4. The fourth-order valence-corrected chi connectivity index (χ4v) is 3.12. The molecule has 0 saturated heterocycles. The van der Waals surface area contributed by atoms with Crippen LogP contribution in [-0.2, 0) is 0 Å². The summed E-state index contributed by atoms with van der Waals surface area (Å²) in [5, 5.41) is 10.8. The number of nitrogen functional groups attached to an aromatic ring is 1. The molecule has 31 heavy (non-hydrogen) atoms. The number of pyridine rings is 1. The molecule has 4 N–H and O–H groups in total. The van der Waals surface area contributed by atoms with Crippen molar-refractivity contribution in [3.05, 3.63) is 79.0 Å². The standard InChI is InChI=1S/C22H16FN7O/c23-17-10-15(1-4-20(17)31-16-2-3-18-14(9-16)12-26-30-18)27-21-11-19(28-22(24)29-21)13-5-7-25-8-6-13/h1-12H,(H,26,30)(H3,24,27,28,29). The molecule has 5 aromatic rings. The van der Waals surface area contributed by atoms with E-state index >= 15 is 0 Å². The number of halogens is 1. The van der Waals surface area contributed by atoms with E-state index in [1.54, 1.807) is 48.9 Å². The van der Waals surface area contributed by atoms with Gasteiger partial charge in [-0.1, -0.05) is 0 Å². The molecular formula is C22H16FN7O. The molecule has 0 saturated carbocycles. The summed E-state index contributed by atoms with van der Waals surface area (Å²) in [7, 11) is 0. The number of H-pyrrole nitrogens is 1. The summed E-state index contributed by atoms with van der Waals surface area (Å²) in [5.74, 6) is 0.644. The fraction of sp³-hybridized carbons (Fsp3) is 0. The van der Waals surface area contributed by atoms with Gasteiger partial charge in [0, 0.05) is 41.2 Å². The second-order valence-electron chi connectivity index (χ2n) is 6.72. The van der Waals surface area contributed by atoms with Crippen LogP contribution in [0.5, 0.6) is 11.5 Å². The van der Waals surface area contributed by atoms with E-state index < -0.39 is 5.82 Å². The van der Waals surface area contributed by atoms with Crippen LogP contribution >= 0.6 is 0 Å². The minimum absolute atomic E-state index is 0.104. The van der Waals surface area contributed by atoms with Gasteiger partial charge in [0.15, 0.2) is 11.6 Å². The fourth-order valence-electron chi connectivity index (χ4n) is 3.12. The Morgan fingerprint density at radius 2 is 1.84 bits per heavy atom. The maximum atomic E-state index is 14.7. The lowest BCUT2D eigenvalue weighted by atomic mass is 10.2. The first-order valence-corrected chi connectivity index (χ1v) is 9.36. The smallest absolute Gasteiger partial charge is 0.222 e. The molecule has 0 aliphatic carbocycles. The highest BCUT2D eigenvalue weighted by Crippen LogP contribution is 2.30. The van der Waals surface area contributed by atoms with Crippen LogP contribution in [0.3, 0.4) is 0 Å². The summed E-state index contributed by atoms with van der Waals surface area (Å²) in [5.41, 5.74) is 8.69. The Morgan fingerprint density at radius 3 is 2.68 bits per heavy atom. The van der Waals surface area contributed by atoms with E-state index in [0.717, 1.165) is 16.5 Å². The zero-order valence-electron chi connectivity index (χ0n) is 16.1. The van der Waals surface area contributed by atoms with Crippen LogP contribution in [0.15, 0.2) is 73.2 Å². The molecule has 0 aliphatic heterocycles. The highest BCUT2D eigenvalue weighted by molar-refractivity contribution is 5.79. The van der Waals surface area contributed by atoms with Crippen molar-refractivity contribution in [2.24, 2.45) is 0 Å². The molecule has 0 bridgehead atoms. The number of nitrogens with one attached hydrogen (secondary N) is 2. The van der Waals surface area contributed by atoms with Crippen molar-refractivity contribution in [2.45, 2.75) is 0 Å². The number of rotatable bonds is 5. The number of benzene rings is 2. The number of hydrogen-bond acceptors (Lipinski definition) is 7. The minimum atomic E-state index is -0.520. The summed E-state index contributed by atoms with van der Waals surface area (Å²) < 4.78 is 20.4. The molecule has 0 amide bonds. The van der Waals surface area contributed by atoms with Crippen LogP contribution in [-0.4, -0.2) is 25.1 Å². The van der Waals surface area contributed by atoms with Crippen molar-refractivity contribution < 1.29 is 9.13 Å². The van der Waals surface area contributed by atoms with E-state index in [1.165, 1.54) is 6.07 Å². The number of aromatic amines is 1. The topological polar surface area (TPSA) is 115 Å². The predicted octanol–water partition coefficient (Wildman–Crippen LogP) is 4.67. The lowest BCUT2D eigenvalue weighted by Gasteiger charge is -2.11. The second kappa shape index (κ2) is 7.71. The van der Waals surface area contributed by atoms with Crippen molar-refractivity contribution in [3.8, 4) is 22.8 Å². The van der Waals surface area contributed by atoms with Crippen LogP contribution in [0.25, 0.3) is 22.2 Å². The largest absolute Gasteiger partial charge is 0.454 e. The molecule has 0 unspecified atom stereocenters. The van der Waals surface area contributed by atoms with E-state index in [1.807, 2.05) is 18.2 Å². The summed E-state index contributed by atoms with van der Waals surface area (Å²) in [6, 6.07) is 15.3. The Labute approximate surface area is 176 Å². The van der Waals surface area contributed by atoms with Gasteiger partial charge < -0.3 is 15.8 Å². The van der Waals surface area contributed by atoms with Gasteiger partial charge in [-0.25, -0.2) is 9.37 Å². The molecular weight excluding hydrogens is 397 g/mol. The predicted molar refractivity (Wildman–Crippen MR) is 116 cm³/mol. The number of anilines is 3. The molecule has 0 spiro atoms. The Bertz CT molecular complexity index is 1370. The third-order valence-corrected chi connectivity index (χ3v) is 4.56. The van der Waals surface area contributed by atoms with Crippen LogP contribution in [0.2, 0.25) is 0 Å². The van der Waals surface area contributed by atoms with Crippen LogP contribution in [0.1, 0.15) is 0 Å². The Hall–Kier alpha value is -4.53. The quantitative estimate of drug-likeness (QED) is 0.383. The van der Waals surface area contributed by atoms with Gasteiger partial charge >= 0.3 is 0 Å². The number of ether oxygens (including phenoxy) is 1. The minimum Gasteiger partial charge on any atom is -0.454 e. The average molecular weight is 413 g/mol. The first-order chi connectivity index (χ1) is 15.1. The normalized spacial score (nSPS) is 10.9. The molecule has 2 aromatic carbocycles. The Balaban J connectivity index is 1.37. The van der Waals surface area contributed by atoms with Gasteiger partial charge in [-0.2, -0.15) is 10.1 Å². The maximum absolute atomic E-state index is 14.7. The monoisotopic (exact) mass is 413 g/mol. The summed E-state index contributed by atoms with van der Waals surface area (Å²) >= 11 is 0. The SMILES string of the molecule is Nc1nc(Nc2ccc(Oc3ccc4[nH]ncc4c3)c(F)c2)cc(-c2ccncc2)n1. The number of fused-ring (bicyclic) bond motifs is 1. The molecule has 0 atom stereocenters. The van der Waals surface area contributed by atoms with E-state index in [-0.39, 0.29) is 11.7 Å². The average Bonchev–Trinajstić information content (AvgIpc) is 3.24. The zero-order valence-corrected chi connectivity index (χ0v) is 16.1. The Kier molecular flexibility index (Phi) is 4.60. The summed E-state index contributed by atoms with van der Waals surface area (Å²) in [4.78, 5) is 12.4. The van der Waals surface area contributed by atoms with Crippen LogP contribution in [0.4, 0.5) is 21.8 Å². The van der Waals surface area contributed by atoms with Gasteiger partial charge in [-0.3, -0.25) is 10.1 Å². The maximum Gasteiger partial charge on any atom is 0.222 e. The van der Waals surface area contributed by atoms with E-state index in [2.05, 4.69) is 30.5 Å². The molecule has 0 fully saturated rings. The number of aromatic nitrogens is 5. The van der Waals surface area contributed by atoms with Gasteiger partial charge in [-0.15, -0.1) is 0 Å². The van der Waals surface area contributed by atoms with Gasteiger partial charge in [0.25, 0.3) is 0 Å². The van der Waals surface area contributed by atoms with Gasteiger partial charge in [0.05, 0.1) is 17.4 Å². The van der Waals surface area contributed by atoms with Crippen molar-refractivity contribution in [1.82, 2.24) is 25.1 Å². The lowest BCUT2D eigenvalue weighted by molar-refractivity contribution is 0.443. The molecule has 0 aliphatic rings. The molecule has 3 heterocycles. The molecule has 5 rings (SSSR count).